The highest BCUT2D eigenvalue weighted by molar-refractivity contribution is 9.10. The molecular weight excluding hydrogens is 254 g/mol. The fourth-order valence-electron chi connectivity index (χ4n) is 1.20. The molecule has 0 unspecified atom stereocenters. The van der Waals surface area contributed by atoms with E-state index in [9.17, 15) is 0 Å². The van der Waals surface area contributed by atoms with E-state index in [4.69, 9.17) is 0 Å². The van der Waals surface area contributed by atoms with Crippen LogP contribution in [0.1, 0.15) is 19.5 Å². The summed E-state index contributed by atoms with van der Waals surface area (Å²) in [5.74, 6) is 0. The van der Waals surface area contributed by atoms with Gasteiger partial charge in [0, 0.05) is 36.3 Å². The lowest BCUT2D eigenvalue weighted by Crippen LogP contribution is -2.31. The van der Waals surface area contributed by atoms with E-state index >= 15 is 0 Å². The molecule has 0 radical (unpaired) electrons. The Balaban J connectivity index is 2.18. The van der Waals surface area contributed by atoms with Crippen LogP contribution in [0.25, 0.3) is 0 Å². The molecule has 1 heterocycles. The largest absolute Gasteiger partial charge is 0.313 e. The molecule has 0 spiro atoms. The number of pyridine rings is 1. The zero-order valence-corrected chi connectivity index (χ0v) is 10.8. The maximum absolute atomic E-state index is 4.28. The first kappa shape index (κ1) is 12.6. The first-order valence-electron chi connectivity index (χ1n) is 5.23. The van der Waals surface area contributed by atoms with Crippen molar-refractivity contribution in [2.24, 2.45) is 0 Å². The number of nitrogens with zero attached hydrogens (tertiary/aromatic N) is 1. The smallest absolute Gasteiger partial charge is 0.0683 e. The van der Waals surface area contributed by atoms with Crippen molar-refractivity contribution in [3.05, 3.63) is 28.5 Å². The van der Waals surface area contributed by atoms with Crippen molar-refractivity contribution < 1.29 is 0 Å². The fourth-order valence-corrected chi connectivity index (χ4v) is 1.60. The Bertz CT molecular complexity index is 289. The van der Waals surface area contributed by atoms with Gasteiger partial charge in [-0.2, -0.15) is 0 Å². The molecule has 1 aromatic rings. The molecule has 84 valence electrons. The second-order valence-electron chi connectivity index (χ2n) is 3.72. The van der Waals surface area contributed by atoms with E-state index < -0.39 is 0 Å². The molecule has 2 N–H and O–H groups in total. The molecule has 0 amide bonds. The van der Waals surface area contributed by atoms with Gasteiger partial charge < -0.3 is 10.6 Å². The molecule has 3 nitrogen and oxygen atoms in total. The third-order valence-electron chi connectivity index (χ3n) is 1.98. The van der Waals surface area contributed by atoms with Crippen LogP contribution < -0.4 is 10.6 Å². The third kappa shape index (κ3) is 5.25. The normalized spacial score (nSPS) is 10.9. The molecule has 0 aliphatic heterocycles. The minimum absolute atomic E-state index is 0.549. The summed E-state index contributed by atoms with van der Waals surface area (Å²) in [6.07, 6.45) is 1.81. The van der Waals surface area contributed by atoms with E-state index in [1.807, 2.05) is 18.3 Å². The third-order valence-corrected chi connectivity index (χ3v) is 2.70. The van der Waals surface area contributed by atoms with Crippen LogP contribution in [0, 0.1) is 0 Å². The Hall–Kier alpha value is -0.450. The van der Waals surface area contributed by atoms with E-state index in [0.29, 0.717) is 6.04 Å². The van der Waals surface area contributed by atoms with E-state index in [-0.39, 0.29) is 0 Å². The van der Waals surface area contributed by atoms with E-state index in [2.05, 4.69) is 45.4 Å². The number of nitrogens with one attached hydrogen (secondary N) is 2. The number of aromatic nitrogens is 1. The van der Waals surface area contributed by atoms with Gasteiger partial charge in [0.15, 0.2) is 0 Å². The van der Waals surface area contributed by atoms with Gasteiger partial charge in [0.05, 0.1) is 5.69 Å². The SMILES string of the molecule is CC(C)NCCNCc1ncccc1Br. The Kier molecular flexibility index (Phi) is 5.83. The van der Waals surface area contributed by atoms with Crippen LogP contribution in [0.2, 0.25) is 0 Å². The predicted molar refractivity (Wildman–Crippen MR) is 66.8 cm³/mol. The molecule has 0 atom stereocenters. The van der Waals surface area contributed by atoms with Gasteiger partial charge in [-0.3, -0.25) is 4.98 Å². The number of hydrogen-bond acceptors (Lipinski definition) is 3. The van der Waals surface area contributed by atoms with E-state index in [0.717, 1.165) is 29.8 Å². The van der Waals surface area contributed by atoms with Crippen molar-refractivity contribution in [3.8, 4) is 0 Å². The number of hydrogen-bond donors (Lipinski definition) is 2. The molecule has 0 saturated heterocycles. The van der Waals surface area contributed by atoms with Crippen LogP contribution in [0.4, 0.5) is 0 Å². The summed E-state index contributed by atoms with van der Waals surface area (Å²) in [5.41, 5.74) is 1.06. The van der Waals surface area contributed by atoms with Gasteiger partial charge in [0.2, 0.25) is 0 Å². The molecule has 0 fully saturated rings. The van der Waals surface area contributed by atoms with Gasteiger partial charge in [-0.25, -0.2) is 0 Å². The molecule has 0 aliphatic carbocycles. The lowest BCUT2D eigenvalue weighted by molar-refractivity contribution is 0.553. The molecule has 4 heteroatoms. The molecule has 0 aliphatic rings. The summed E-state index contributed by atoms with van der Waals surface area (Å²) < 4.78 is 1.06. The van der Waals surface area contributed by atoms with Gasteiger partial charge in [-0.1, -0.05) is 13.8 Å². The molecule has 15 heavy (non-hydrogen) atoms. The first-order chi connectivity index (χ1) is 7.20. The summed E-state index contributed by atoms with van der Waals surface area (Å²) in [7, 11) is 0. The van der Waals surface area contributed by atoms with Crippen molar-refractivity contribution in [1.82, 2.24) is 15.6 Å². The van der Waals surface area contributed by atoms with E-state index in [1.54, 1.807) is 0 Å². The van der Waals surface area contributed by atoms with Gasteiger partial charge in [0.25, 0.3) is 0 Å². The van der Waals surface area contributed by atoms with Gasteiger partial charge in [0.1, 0.15) is 0 Å². The standard InChI is InChI=1S/C11H18BrN3/c1-9(2)14-7-6-13-8-11-10(12)4-3-5-15-11/h3-5,9,13-14H,6-8H2,1-2H3. The Morgan fingerprint density at radius 1 is 1.40 bits per heavy atom. The average Bonchev–Trinajstić information content (AvgIpc) is 2.20. The fraction of sp³-hybridized carbons (Fsp3) is 0.545. The van der Waals surface area contributed by atoms with Crippen molar-refractivity contribution in [2.45, 2.75) is 26.4 Å². The monoisotopic (exact) mass is 271 g/mol. The minimum atomic E-state index is 0.549. The minimum Gasteiger partial charge on any atom is -0.313 e. The second-order valence-corrected chi connectivity index (χ2v) is 4.57. The molecule has 1 rings (SSSR count). The van der Waals surface area contributed by atoms with Crippen LogP contribution in [0.3, 0.4) is 0 Å². The number of rotatable bonds is 6. The molecule has 0 bridgehead atoms. The van der Waals surface area contributed by atoms with Crippen molar-refractivity contribution in [2.75, 3.05) is 13.1 Å². The lowest BCUT2D eigenvalue weighted by Gasteiger charge is -2.09. The number of halogens is 1. The summed E-state index contributed by atoms with van der Waals surface area (Å²) in [6, 6.07) is 4.48. The molecule has 1 aromatic heterocycles. The average molecular weight is 272 g/mol. The topological polar surface area (TPSA) is 37.0 Å². The van der Waals surface area contributed by atoms with Crippen LogP contribution in [0.15, 0.2) is 22.8 Å². The Morgan fingerprint density at radius 3 is 2.87 bits per heavy atom. The Morgan fingerprint density at radius 2 is 2.20 bits per heavy atom. The zero-order chi connectivity index (χ0) is 11.1. The highest BCUT2D eigenvalue weighted by Crippen LogP contribution is 2.12. The van der Waals surface area contributed by atoms with Crippen LogP contribution in [-0.4, -0.2) is 24.1 Å². The quantitative estimate of drug-likeness (QED) is 0.777. The maximum Gasteiger partial charge on any atom is 0.0683 e. The van der Waals surface area contributed by atoms with Crippen LogP contribution in [-0.2, 0) is 6.54 Å². The van der Waals surface area contributed by atoms with Crippen molar-refractivity contribution in [3.63, 3.8) is 0 Å². The Labute approximate surface area is 99.8 Å². The summed E-state index contributed by atoms with van der Waals surface area (Å²) >= 11 is 3.47. The summed E-state index contributed by atoms with van der Waals surface area (Å²) in [5, 5.41) is 6.69. The van der Waals surface area contributed by atoms with E-state index in [1.165, 1.54) is 0 Å². The second kappa shape index (κ2) is 6.93. The summed E-state index contributed by atoms with van der Waals surface area (Å²) in [4.78, 5) is 4.28. The van der Waals surface area contributed by atoms with Crippen LogP contribution >= 0.6 is 15.9 Å². The molecule has 0 aromatic carbocycles. The van der Waals surface area contributed by atoms with Crippen LogP contribution in [0.5, 0.6) is 0 Å². The highest BCUT2D eigenvalue weighted by Gasteiger charge is 1.98. The summed E-state index contributed by atoms with van der Waals surface area (Å²) in [6.45, 7) is 7.05. The molecule has 0 saturated carbocycles. The van der Waals surface area contributed by atoms with Gasteiger partial charge >= 0.3 is 0 Å². The predicted octanol–water partition coefficient (Wildman–Crippen LogP) is 1.93. The molecular formula is C11H18BrN3. The highest BCUT2D eigenvalue weighted by atomic mass is 79.9. The first-order valence-corrected chi connectivity index (χ1v) is 6.03. The van der Waals surface area contributed by atoms with Gasteiger partial charge in [-0.05, 0) is 28.1 Å². The van der Waals surface area contributed by atoms with Gasteiger partial charge in [-0.15, -0.1) is 0 Å². The van der Waals surface area contributed by atoms with Crippen molar-refractivity contribution >= 4 is 15.9 Å². The zero-order valence-electron chi connectivity index (χ0n) is 9.26. The van der Waals surface area contributed by atoms with Crippen molar-refractivity contribution in [1.29, 1.82) is 0 Å². The maximum atomic E-state index is 4.28. The lowest BCUT2D eigenvalue weighted by atomic mass is 10.3.